The summed E-state index contributed by atoms with van der Waals surface area (Å²) >= 11 is 0. The molecule has 1 fully saturated rings. The molecule has 174 valence electrons. The van der Waals surface area contributed by atoms with Crippen molar-refractivity contribution in [3.05, 3.63) is 84.1 Å². The molecule has 34 heavy (non-hydrogen) atoms. The molecule has 7 nitrogen and oxygen atoms in total. The number of halogens is 1. The molecular weight excluding hydrogens is 433 g/mol. The standard InChI is InChI=1S/C26H26FN5O2/c27-20-9-7-19(8-10-20)24-25(32-22(31-24)17-23-33-15-4-16-34-23)21-12-14-29-26(30-21)28-13-11-18-5-2-1-3-6-18/h1-3,5-10,12,14,23H,4,11,13,15-17H2,(H,31,32)(H,28,29,30). The first kappa shape index (κ1) is 22.2. The van der Waals surface area contributed by atoms with Crippen molar-refractivity contribution in [2.24, 2.45) is 0 Å². The Hall–Kier alpha value is -3.62. The zero-order valence-corrected chi connectivity index (χ0v) is 18.7. The van der Waals surface area contributed by atoms with Gasteiger partial charge in [0.1, 0.15) is 11.6 Å². The molecule has 8 heteroatoms. The zero-order valence-electron chi connectivity index (χ0n) is 18.7. The minimum Gasteiger partial charge on any atom is -0.354 e. The monoisotopic (exact) mass is 459 g/mol. The van der Waals surface area contributed by atoms with Crippen molar-refractivity contribution in [3.8, 4) is 22.6 Å². The van der Waals surface area contributed by atoms with Gasteiger partial charge in [0.2, 0.25) is 5.95 Å². The highest BCUT2D eigenvalue weighted by Crippen LogP contribution is 2.30. The quantitative estimate of drug-likeness (QED) is 0.400. The fourth-order valence-electron chi connectivity index (χ4n) is 3.88. The fourth-order valence-corrected chi connectivity index (χ4v) is 3.88. The summed E-state index contributed by atoms with van der Waals surface area (Å²) in [6, 6.07) is 18.4. The number of nitrogens with zero attached hydrogens (tertiary/aromatic N) is 3. The summed E-state index contributed by atoms with van der Waals surface area (Å²) in [5.41, 5.74) is 4.17. The van der Waals surface area contributed by atoms with E-state index in [1.807, 2.05) is 24.3 Å². The van der Waals surface area contributed by atoms with Crippen LogP contribution in [0.3, 0.4) is 0 Å². The van der Waals surface area contributed by atoms with Crippen LogP contribution in [-0.2, 0) is 22.3 Å². The van der Waals surface area contributed by atoms with Gasteiger partial charge in [-0.1, -0.05) is 30.3 Å². The Bertz CT molecular complexity index is 1210. The number of imidazole rings is 1. The molecule has 1 aliphatic rings. The van der Waals surface area contributed by atoms with E-state index in [4.69, 9.17) is 19.4 Å². The van der Waals surface area contributed by atoms with Crippen molar-refractivity contribution in [1.29, 1.82) is 0 Å². The molecule has 1 saturated heterocycles. The predicted molar refractivity (Wildman–Crippen MR) is 128 cm³/mol. The van der Waals surface area contributed by atoms with Crippen molar-refractivity contribution < 1.29 is 13.9 Å². The molecule has 2 aromatic heterocycles. The maximum absolute atomic E-state index is 13.5. The summed E-state index contributed by atoms with van der Waals surface area (Å²) < 4.78 is 24.9. The van der Waals surface area contributed by atoms with E-state index in [0.29, 0.717) is 43.5 Å². The second kappa shape index (κ2) is 10.5. The van der Waals surface area contributed by atoms with Crippen LogP contribution in [0.15, 0.2) is 66.9 Å². The molecule has 2 aromatic carbocycles. The number of anilines is 1. The highest BCUT2D eigenvalue weighted by Gasteiger charge is 2.21. The molecule has 3 heterocycles. The summed E-state index contributed by atoms with van der Waals surface area (Å²) in [5, 5.41) is 3.30. The number of ether oxygens (including phenoxy) is 2. The summed E-state index contributed by atoms with van der Waals surface area (Å²) in [5.74, 6) is 0.962. The first-order chi connectivity index (χ1) is 16.7. The van der Waals surface area contributed by atoms with Crippen molar-refractivity contribution in [2.45, 2.75) is 25.6 Å². The Morgan fingerprint density at radius 2 is 1.76 bits per heavy atom. The van der Waals surface area contributed by atoms with E-state index < -0.39 is 0 Å². The van der Waals surface area contributed by atoms with Crippen LogP contribution in [0.5, 0.6) is 0 Å². The molecule has 0 radical (unpaired) electrons. The Kier molecular flexibility index (Phi) is 6.88. The molecule has 0 bridgehead atoms. The molecule has 0 atom stereocenters. The van der Waals surface area contributed by atoms with Gasteiger partial charge in [0.05, 0.1) is 36.7 Å². The zero-order chi connectivity index (χ0) is 23.2. The number of hydrogen-bond donors (Lipinski definition) is 2. The molecule has 4 aromatic rings. The summed E-state index contributed by atoms with van der Waals surface area (Å²) in [4.78, 5) is 17.3. The lowest BCUT2D eigenvalue weighted by molar-refractivity contribution is -0.177. The minimum atomic E-state index is -0.338. The predicted octanol–water partition coefficient (Wildman–Crippen LogP) is 4.63. The van der Waals surface area contributed by atoms with Gasteiger partial charge in [-0.05, 0) is 48.7 Å². The number of nitrogens with one attached hydrogen (secondary N) is 2. The second-order valence-corrected chi connectivity index (χ2v) is 8.07. The number of benzene rings is 2. The number of hydrogen-bond acceptors (Lipinski definition) is 6. The van der Waals surface area contributed by atoms with Crippen LogP contribution in [0, 0.1) is 5.82 Å². The molecule has 0 saturated carbocycles. The fraction of sp³-hybridized carbons (Fsp3) is 0.269. The van der Waals surface area contributed by atoms with Crippen LogP contribution in [-0.4, -0.2) is 46.0 Å². The van der Waals surface area contributed by atoms with E-state index in [2.05, 4.69) is 27.4 Å². The third-order valence-electron chi connectivity index (χ3n) is 5.58. The molecule has 0 unspecified atom stereocenters. The second-order valence-electron chi connectivity index (χ2n) is 8.07. The molecule has 1 aliphatic heterocycles. The van der Waals surface area contributed by atoms with Gasteiger partial charge in [0, 0.05) is 18.3 Å². The van der Waals surface area contributed by atoms with Crippen molar-refractivity contribution in [3.63, 3.8) is 0 Å². The maximum atomic E-state index is 13.5. The van der Waals surface area contributed by atoms with Crippen LogP contribution in [0.1, 0.15) is 17.8 Å². The normalized spacial score (nSPS) is 14.3. The van der Waals surface area contributed by atoms with Crippen LogP contribution >= 0.6 is 0 Å². The van der Waals surface area contributed by atoms with Gasteiger partial charge in [-0.2, -0.15) is 0 Å². The smallest absolute Gasteiger partial charge is 0.223 e. The van der Waals surface area contributed by atoms with Gasteiger partial charge in [-0.15, -0.1) is 0 Å². The van der Waals surface area contributed by atoms with E-state index in [1.54, 1.807) is 18.3 Å². The minimum absolute atomic E-state index is 0.294. The Morgan fingerprint density at radius 3 is 2.56 bits per heavy atom. The number of H-pyrrole nitrogens is 1. The van der Waals surface area contributed by atoms with E-state index in [0.717, 1.165) is 29.9 Å². The van der Waals surface area contributed by atoms with Gasteiger partial charge in [-0.3, -0.25) is 0 Å². The van der Waals surface area contributed by atoms with Gasteiger partial charge in [0.15, 0.2) is 6.29 Å². The third-order valence-corrected chi connectivity index (χ3v) is 5.58. The van der Waals surface area contributed by atoms with E-state index >= 15 is 0 Å². The Morgan fingerprint density at radius 1 is 0.971 bits per heavy atom. The average molecular weight is 460 g/mol. The lowest BCUT2D eigenvalue weighted by Crippen LogP contribution is -2.27. The number of aromatic amines is 1. The SMILES string of the molecule is Fc1ccc(-c2nc(CC3OCCCO3)[nH]c2-c2ccnc(NCCc3ccccc3)n2)cc1. The Labute approximate surface area is 197 Å². The third kappa shape index (κ3) is 5.47. The van der Waals surface area contributed by atoms with Gasteiger partial charge in [0.25, 0.3) is 0 Å². The van der Waals surface area contributed by atoms with Gasteiger partial charge >= 0.3 is 0 Å². The molecular formula is C26H26FN5O2. The van der Waals surface area contributed by atoms with Crippen LogP contribution < -0.4 is 5.32 Å². The van der Waals surface area contributed by atoms with Crippen LogP contribution in [0.25, 0.3) is 22.6 Å². The van der Waals surface area contributed by atoms with Crippen LogP contribution in [0.4, 0.5) is 10.3 Å². The van der Waals surface area contributed by atoms with Gasteiger partial charge < -0.3 is 19.8 Å². The summed E-state index contributed by atoms with van der Waals surface area (Å²) in [6.45, 7) is 2.06. The largest absolute Gasteiger partial charge is 0.354 e. The molecule has 2 N–H and O–H groups in total. The maximum Gasteiger partial charge on any atom is 0.223 e. The highest BCUT2D eigenvalue weighted by molar-refractivity contribution is 5.77. The van der Waals surface area contributed by atoms with Crippen molar-refractivity contribution in [1.82, 2.24) is 19.9 Å². The molecule has 5 rings (SSSR count). The number of aromatic nitrogens is 4. The van der Waals surface area contributed by atoms with Crippen LogP contribution in [0.2, 0.25) is 0 Å². The first-order valence-electron chi connectivity index (χ1n) is 11.4. The topological polar surface area (TPSA) is 85.0 Å². The van der Waals surface area contributed by atoms with Crippen molar-refractivity contribution >= 4 is 5.95 Å². The summed E-state index contributed by atoms with van der Waals surface area (Å²) in [7, 11) is 0. The molecule has 0 spiro atoms. The lowest BCUT2D eigenvalue weighted by atomic mass is 10.1. The highest BCUT2D eigenvalue weighted by atomic mass is 19.1. The Balaban J connectivity index is 1.39. The molecule has 0 amide bonds. The van der Waals surface area contributed by atoms with Gasteiger partial charge in [-0.25, -0.2) is 19.3 Å². The number of rotatable bonds is 8. The first-order valence-corrected chi connectivity index (χ1v) is 11.4. The van der Waals surface area contributed by atoms with E-state index in [1.165, 1.54) is 17.7 Å². The average Bonchev–Trinajstić information content (AvgIpc) is 3.30. The summed E-state index contributed by atoms with van der Waals surface area (Å²) in [6.07, 6.45) is 3.62. The van der Waals surface area contributed by atoms with Crippen molar-refractivity contribution in [2.75, 3.05) is 25.1 Å². The van der Waals surface area contributed by atoms with E-state index in [9.17, 15) is 4.39 Å². The lowest BCUT2D eigenvalue weighted by Gasteiger charge is -2.22. The molecule has 0 aliphatic carbocycles. The van der Waals surface area contributed by atoms with E-state index in [-0.39, 0.29) is 12.1 Å².